The molecule has 0 bridgehead atoms. The van der Waals surface area contributed by atoms with E-state index in [1.165, 1.54) is 5.01 Å². The van der Waals surface area contributed by atoms with Crippen LogP contribution in [0.5, 0.6) is 5.75 Å². The second kappa shape index (κ2) is 8.04. The number of benzene rings is 2. The molecule has 21 heavy (non-hydrogen) atoms. The summed E-state index contributed by atoms with van der Waals surface area (Å²) >= 11 is 0. The zero-order chi connectivity index (χ0) is 15.8. The smallest absolute Gasteiger partial charge is 0.193 e. The van der Waals surface area contributed by atoms with Crippen molar-refractivity contribution in [3.05, 3.63) is 59.7 Å². The number of hydrogen-bond acceptors (Lipinski definition) is 5. The Morgan fingerprint density at radius 2 is 1.33 bits per heavy atom. The van der Waals surface area contributed by atoms with Crippen LogP contribution in [0, 0.1) is 0 Å². The molecule has 0 spiro atoms. The normalized spacial score (nSPS) is 9.76. The minimum atomic E-state index is -0.0207. The van der Waals surface area contributed by atoms with Crippen LogP contribution in [0.1, 0.15) is 15.9 Å². The number of carbonyl (C=O) groups is 1. The Morgan fingerprint density at radius 3 is 1.71 bits per heavy atom. The Hall–Kier alpha value is -2.37. The van der Waals surface area contributed by atoms with E-state index in [-0.39, 0.29) is 5.78 Å². The van der Waals surface area contributed by atoms with Gasteiger partial charge in [0.2, 0.25) is 0 Å². The Labute approximate surface area is 125 Å². The first kappa shape index (κ1) is 16.7. The Morgan fingerprint density at radius 1 is 0.952 bits per heavy atom. The van der Waals surface area contributed by atoms with Gasteiger partial charge in [-0.25, -0.2) is 0 Å². The maximum absolute atomic E-state index is 12.1. The third kappa shape index (κ3) is 5.64. The third-order valence-corrected chi connectivity index (χ3v) is 2.53. The summed E-state index contributed by atoms with van der Waals surface area (Å²) in [5.41, 5.74) is 7.49. The van der Waals surface area contributed by atoms with Crippen LogP contribution in [0.15, 0.2) is 48.5 Å². The van der Waals surface area contributed by atoms with Gasteiger partial charge in [-0.1, -0.05) is 0 Å². The van der Waals surface area contributed by atoms with E-state index in [0.29, 0.717) is 16.8 Å². The van der Waals surface area contributed by atoms with Crippen LogP contribution in [-0.2, 0) is 0 Å². The van der Waals surface area contributed by atoms with Crippen molar-refractivity contribution < 1.29 is 9.53 Å². The lowest BCUT2D eigenvalue weighted by atomic mass is 10.0. The van der Waals surface area contributed by atoms with Gasteiger partial charge in [-0.15, -0.1) is 0 Å². The second-order valence-electron chi connectivity index (χ2n) is 4.64. The van der Waals surface area contributed by atoms with Gasteiger partial charge in [-0.05, 0) is 48.5 Å². The van der Waals surface area contributed by atoms with Crippen molar-refractivity contribution in [1.82, 2.24) is 5.01 Å². The van der Waals surface area contributed by atoms with Crippen molar-refractivity contribution in [3.63, 3.8) is 0 Å². The predicted molar refractivity (Wildman–Crippen MR) is 85.2 cm³/mol. The maximum atomic E-state index is 12.1. The number of hydrogen-bond donors (Lipinski definition) is 2. The molecule has 0 aliphatic carbocycles. The quantitative estimate of drug-likeness (QED) is 0.390. The first-order valence-electron chi connectivity index (χ1n) is 6.40. The molecule has 0 amide bonds. The molecule has 112 valence electrons. The lowest BCUT2D eigenvalue weighted by molar-refractivity contribution is 0.103. The summed E-state index contributed by atoms with van der Waals surface area (Å²) in [6, 6.07) is 13.9. The van der Waals surface area contributed by atoms with Crippen LogP contribution >= 0.6 is 0 Å². The number of hydrazine groups is 1. The molecule has 2 aromatic rings. The molecule has 0 radical (unpaired) electrons. The zero-order valence-corrected chi connectivity index (χ0v) is 12.5. The molecule has 0 aliphatic heterocycles. The highest BCUT2D eigenvalue weighted by molar-refractivity contribution is 6.09. The van der Waals surface area contributed by atoms with E-state index in [1.54, 1.807) is 69.7 Å². The third-order valence-electron chi connectivity index (χ3n) is 2.53. The lowest BCUT2D eigenvalue weighted by Crippen LogP contribution is -2.18. The highest BCUT2D eigenvalue weighted by atomic mass is 16.5. The summed E-state index contributed by atoms with van der Waals surface area (Å²) < 4.78 is 5.04. The fourth-order valence-electron chi connectivity index (χ4n) is 1.54. The van der Waals surface area contributed by atoms with Gasteiger partial charge in [-0.3, -0.25) is 15.6 Å². The summed E-state index contributed by atoms with van der Waals surface area (Å²) in [6.07, 6.45) is 0. The van der Waals surface area contributed by atoms with E-state index in [0.717, 1.165) is 5.75 Å². The summed E-state index contributed by atoms with van der Waals surface area (Å²) in [5.74, 6) is 5.66. The van der Waals surface area contributed by atoms with Crippen molar-refractivity contribution >= 4 is 11.5 Å². The maximum Gasteiger partial charge on any atom is 0.193 e. The van der Waals surface area contributed by atoms with Crippen LogP contribution < -0.4 is 16.3 Å². The first-order valence-corrected chi connectivity index (χ1v) is 6.40. The Bertz CT molecular complexity index is 560. The van der Waals surface area contributed by atoms with E-state index >= 15 is 0 Å². The summed E-state index contributed by atoms with van der Waals surface area (Å²) in [7, 11) is 5.15. The fourth-order valence-corrected chi connectivity index (χ4v) is 1.54. The Balaban J connectivity index is 0.000000491. The van der Waals surface area contributed by atoms with E-state index in [2.05, 4.69) is 0 Å². The molecule has 0 heterocycles. The molecule has 5 nitrogen and oxygen atoms in total. The monoisotopic (exact) mass is 287 g/mol. The average molecular weight is 287 g/mol. The molecular formula is C16H21N3O2. The van der Waals surface area contributed by atoms with Crippen molar-refractivity contribution in [3.8, 4) is 5.75 Å². The molecule has 0 aromatic heterocycles. The first-order chi connectivity index (χ1) is 9.93. The summed E-state index contributed by atoms with van der Waals surface area (Å²) in [4.78, 5) is 12.1. The molecule has 0 saturated heterocycles. The fraction of sp³-hybridized carbons (Fsp3) is 0.188. The zero-order valence-electron chi connectivity index (χ0n) is 12.5. The molecular weight excluding hydrogens is 266 g/mol. The van der Waals surface area contributed by atoms with Gasteiger partial charge < -0.3 is 10.5 Å². The van der Waals surface area contributed by atoms with Crippen LogP contribution in [-0.4, -0.2) is 32.0 Å². The summed E-state index contributed by atoms with van der Waals surface area (Å²) in [5, 5.41) is 1.50. The Kier molecular flexibility index (Phi) is 6.39. The molecule has 4 N–H and O–H groups in total. The van der Waals surface area contributed by atoms with Gasteiger partial charge >= 0.3 is 0 Å². The van der Waals surface area contributed by atoms with Crippen LogP contribution in [0.25, 0.3) is 0 Å². The highest BCUT2D eigenvalue weighted by Gasteiger charge is 2.08. The standard InChI is InChI=1S/C14H13NO2.C2H8N2/c1-17-13-8-4-11(5-9-13)14(16)10-2-6-12(15)7-3-10;1-4(2)3/h2-9H,15H2,1H3;3H2,1-2H3. The van der Waals surface area contributed by atoms with Gasteiger partial charge in [0.1, 0.15) is 5.75 Å². The number of ketones is 1. The predicted octanol–water partition coefficient (Wildman–Crippen LogP) is 1.93. The number of rotatable bonds is 3. The van der Waals surface area contributed by atoms with Gasteiger partial charge in [0, 0.05) is 30.9 Å². The van der Waals surface area contributed by atoms with E-state index in [1.807, 2.05) is 0 Å². The number of carbonyl (C=O) groups excluding carboxylic acids is 1. The number of nitrogen functional groups attached to an aromatic ring is 1. The lowest BCUT2D eigenvalue weighted by Gasteiger charge is -2.03. The largest absolute Gasteiger partial charge is 0.497 e. The number of nitrogens with two attached hydrogens (primary N) is 2. The van der Waals surface area contributed by atoms with Gasteiger partial charge in [0.15, 0.2) is 5.78 Å². The highest BCUT2D eigenvalue weighted by Crippen LogP contribution is 2.15. The number of methoxy groups -OCH3 is 1. The summed E-state index contributed by atoms with van der Waals surface area (Å²) in [6.45, 7) is 0. The number of anilines is 1. The van der Waals surface area contributed by atoms with E-state index in [9.17, 15) is 4.79 Å². The van der Waals surface area contributed by atoms with Crippen LogP contribution in [0.3, 0.4) is 0 Å². The van der Waals surface area contributed by atoms with Crippen LogP contribution in [0.2, 0.25) is 0 Å². The molecule has 2 aromatic carbocycles. The second-order valence-corrected chi connectivity index (χ2v) is 4.64. The van der Waals surface area contributed by atoms with E-state index < -0.39 is 0 Å². The van der Waals surface area contributed by atoms with Crippen molar-refractivity contribution in [2.75, 3.05) is 26.9 Å². The molecule has 0 aliphatic rings. The topological polar surface area (TPSA) is 81.6 Å². The molecule has 0 unspecified atom stereocenters. The van der Waals surface area contributed by atoms with Crippen molar-refractivity contribution in [2.45, 2.75) is 0 Å². The van der Waals surface area contributed by atoms with Gasteiger partial charge in [-0.2, -0.15) is 0 Å². The van der Waals surface area contributed by atoms with Gasteiger partial charge in [0.25, 0.3) is 0 Å². The minimum absolute atomic E-state index is 0.0207. The van der Waals surface area contributed by atoms with E-state index in [4.69, 9.17) is 16.3 Å². The number of nitrogens with zero attached hydrogens (tertiary/aromatic N) is 1. The van der Waals surface area contributed by atoms with Crippen molar-refractivity contribution in [2.24, 2.45) is 5.84 Å². The molecule has 0 atom stereocenters. The average Bonchev–Trinajstić information content (AvgIpc) is 2.47. The molecule has 2 rings (SSSR count). The minimum Gasteiger partial charge on any atom is -0.497 e. The molecule has 5 heteroatoms. The van der Waals surface area contributed by atoms with Crippen LogP contribution in [0.4, 0.5) is 5.69 Å². The molecule has 0 saturated carbocycles. The molecule has 0 fully saturated rings. The van der Waals surface area contributed by atoms with Gasteiger partial charge in [0.05, 0.1) is 7.11 Å². The number of ether oxygens (including phenoxy) is 1. The SMILES string of the molecule is CN(C)N.COc1ccc(C(=O)c2ccc(N)cc2)cc1. The van der Waals surface area contributed by atoms with Crippen molar-refractivity contribution in [1.29, 1.82) is 0 Å².